The molecule has 0 aliphatic heterocycles. The Hall–Kier alpha value is -2.73. The molecule has 122 valence electrons. The lowest BCUT2D eigenvalue weighted by atomic mass is 9.97. The van der Waals surface area contributed by atoms with Gasteiger partial charge in [0.05, 0.1) is 17.3 Å². The minimum absolute atomic E-state index is 0.0744. The summed E-state index contributed by atoms with van der Waals surface area (Å²) in [6.07, 6.45) is 7.54. The number of hydrogen-bond donors (Lipinski definition) is 3. The van der Waals surface area contributed by atoms with Crippen molar-refractivity contribution in [1.82, 2.24) is 15.2 Å². The number of H-pyrrole nitrogens is 1. The number of anilines is 1. The summed E-state index contributed by atoms with van der Waals surface area (Å²) >= 11 is 0. The van der Waals surface area contributed by atoms with Gasteiger partial charge in [-0.05, 0) is 48.6 Å². The molecular weight excluding hydrogens is 302 g/mol. The van der Waals surface area contributed by atoms with Crippen molar-refractivity contribution in [2.45, 2.75) is 31.7 Å². The van der Waals surface area contributed by atoms with E-state index in [0.717, 1.165) is 31.1 Å². The van der Waals surface area contributed by atoms with E-state index in [4.69, 9.17) is 5.73 Å². The molecule has 0 radical (unpaired) electrons. The summed E-state index contributed by atoms with van der Waals surface area (Å²) in [4.78, 5) is 16.8. The number of fused-ring (bicyclic) bond motifs is 2. The summed E-state index contributed by atoms with van der Waals surface area (Å²) in [6.45, 7) is 0. The van der Waals surface area contributed by atoms with E-state index in [1.807, 2.05) is 18.2 Å². The number of rotatable bonds is 2. The lowest BCUT2D eigenvalue weighted by Gasteiger charge is -2.14. The summed E-state index contributed by atoms with van der Waals surface area (Å²) in [5.74, 6) is -0.135. The average molecular weight is 321 g/mol. The van der Waals surface area contributed by atoms with Gasteiger partial charge in [-0.3, -0.25) is 9.89 Å². The predicted octanol–water partition coefficient (Wildman–Crippen LogP) is 2.94. The molecule has 0 fully saturated rings. The molecule has 0 spiro atoms. The molecule has 1 aliphatic carbocycles. The van der Waals surface area contributed by atoms with Crippen molar-refractivity contribution in [3.63, 3.8) is 0 Å². The maximum Gasteiger partial charge on any atom is 0.255 e. The molecule has 6 heteroatoms. The number of hydrogen-bond acceptors (Lipinski definition) is 4. The van der Waals surface area contributed by atoms with E-state index in [1.165, 1.54) is 11.1 Å². The van der Waals surface area contributed by atoms with Crippen LogP contribution in [0.5, 0.6) is 0 Å². The van der Waals surface area contributed by atoms with E-state index in [9.17, 15) is 4.79 Å². The van der Waals surface area contributed by atoms with Crippen molar-refractivity contribution in [3.8, 4) is 0 Å². The molecule has 1 atom stereocenters. The quantitative estimate of drug-likeness (QED) is 0.632. The van der Waals surface area contributed by atoms with E-state index >= 15 is 0 Å². The average Bonchev–Trinajstić information content (AvgIpc) is 3.00. The summed E-state index contributed by atoms with van der Waals surface area (Å²) < 4.78 is 0. The molecule has 0 saturated heterocycles. The largest absolute Gasteiger partial charge is 0.324 e. The highest BCUT2D eigenvalue weighted by Crippen LogP contribution is 2.28. The predicted molar refractivity (Wildman–Crippen MR) is 92.8 cm³/mol. The molecule has 3 aromatic rings. The molecule has 24 heavy (non-hydrogen) atoms. The monoisotopic (exact) mass is 321 g/mol. The van der Waals surface area contributed by atoms with Gasteiger partial charge in [-0.1, -0.05) is 12.5 Å². The summed E-state index contributed by atoms with van der Waals surface area (Å²) in [6, 6.07) is 7.68. The standard InChI is InChI=1S/C18H19N5O/c19-15-4-2-1-3-11-9-12(5-6-13(11)15)18(24)22-16-7-8-20-17-14(16)10-21-23-17/h5-10,15H,1-4,19H2,(H2,20,21,22,23,24)/t15-/m0/s1. The van der Waals surface area contributed by atoms with Crippen LogP contribution < -0.4 is 11.1 Å². The zero-order chi connectivity index (χ0) is 16.5. The van der Waals surface area contributed by atoms with E-state index in [1.54, 1.807) is 18.5 Å². The Kier molecular flexibility index (Phi) is 3.74. The zero-order valence-electron chi connectivity index (χ0n) is 13.2. The number of carbonyl (C=O) groups is 1. The Morgan fingerprint density at radius 3 is 3.12 bits per heavy atom. The third kappa shape index (κ3) is 2.65. The van der Waals surface area contributed by atoms with Crippen LogP contribution in [0.3, 0.4) is 0 Å². The van der Waals surface area contributed by atoms with Crippen molar-refractivity contribution < 1.29 is 4.79 Å². The van der Waals surface area contributed by atoms with E-state index in [2.05, 4.69) is 20.5 Å². The van der Waals surface area contributed by atoms with Crippen LogP contribution in [0.2, 0.25) is 0 Å². The van der Waals surface area contributed by atoms with E-state index in [0.29, 0.717) is 16.9 Å². The Morgan fingerprint density at radius 1 is 1.29 bits per heavy atom. The maximum absolute atomic E-state index is 12.6. The Bertz CT molecular complexity index is 901. The van der Waals surface area contributed by atoms with Crippen LogP contribution in [-0.2, 0) is 6.42 Å². The van der Waals surface area contributed by atoms with Crippen LogP contribution in [0.15, 0.2) is 36.7 Å². The first kappa shape index (κ1) is 14.8. The molecule has 1 aliphatic rings. The fourth-order valence-electron chi connectivity index (χ4n) is 3.31. The number of nitrogens with one attached hydrogen (secondary N) is 2. The van der Waals surface area contributed by atoms with Crippen LogP contribution in [-0.4, -0.2) is 21.1 Å². The van der Waals surface area contributed by atoms with Crippen LogP contribution >= 0.6 is 0 Å². The maximum atomic E-state index is 12.6. The zero-order valence-corrected chi connectivity index (χ0v) is 13.2. The number of carbonyl (C=O) groups excluding carboxylic acids is 1. The number of aryl methyl sites for hydroxylation is 1. The highest BCUT2D eigenvalue weighted by atomic mass is 16.1. The Morgan fingerprint density at radius 2 is 2.21 bits per heavy atom. The first-order valence-corrected chi connectivity index (χ1v) is 8.20. The molecule has 4 rings (SSSR count). The van der Waals surface area contributed by atoms with Gasteiger partial charge >= 0.3 is 0 Å². The lowest BCUT2D eigenvalue weighted by molar-refractivity contribution is 0.102. The first-order chi connectivity index (χ1) is 11.7. The van der Waals surface area contributed by atoms with Crippen molar-refractivity contribution in [2.24, 2.45) is 5.73 Å². The first-order valence-electron chi connectivity index (χ1n) is 8.20. The van der Waals surface area contributed by atoms with Gasteiger partial charge in [-0.25, -0.2) is 4.98 Å². The van der Waals surface area contributed by atoms with Gasteiger partial charge in [-0.2, -0.15) is 5.10 Å². The Balaban J connectivity index is 1.63. The van der Waals surface area contributed by atoms with Crippen LogP contribution in [0, 0.1) is 0 Å². The fourth-order valence-corrected chi connectivity index (χ4v) is 3.31. The smallest absolute Gasteiger partial charge is 0.255 e. The summed E-state index contributed by atoms with van der Waals surface area (Å²) in [7, 11) is 0. The van der Waals surface area contributed by atoms with Crippen molar-refractivity contribution in [3.05, 3.63) is 53.3 Å². The minimum Gasteiger partial charge on any atom is -0.324 e. The van der Waals surface area contributed by atoms with Gasteiger partial charge in [0.15, 0.2) is 5.65 Å². The third-order valence-electron chi connectivity index (χ3n) is 4.62. The van der Waals surface area contributed by atoms with Crippen LogP contribution in [0.1, 0.15) is 46.8 Å². The number of nitrogens with zero attached hydrogens (tertiary/aromatic N) is 2. The molecule has 0 bridgehead atoms. The minimum atomic E-state index is -0.135. The lowest BCUT2D eigenvalue weighted by Crippen LogP contribution is -2.15. The van der Waals surface area contributed by atoms with E-state index < -0.39 is 0 Å². The number of nitrogens with two attached hydrogens (primary N) is 1. The van der Waals surface area contributed by atoms with Crippen molar-refractivity contribution >= 4 is 22.6 Å². The second kappa shape index (κ2) is 6.05. The molecule has 0 saturated carbocycles. The van der Waals surface area contributed by atoms with Gasteiger partial charge < -0.3 is 11.1 Å². The Labute approximate surface area is 139 Å². The number of pyridine rings is 1. The number of amides is 1. The third-order valence-corrected chi connectivity index (χ3v) is 4.62. The fraction of sp³-hybridized carbons (Fsp3) is 0.278. The van der Waals surface area contributed by atoms with Gasteiger partial charge in [0.1, 0.15) is 0 Å². The number of benzene rings is 1. The normalized spacial score (nSPS) is 17.3. The second-order valence-electron chi connectivity index (χ2n) is 6.21. The molecule has 0 unspecified atom stereocenters. The summed E-state index contributed by atoms with van der Waals surface area (Å²) in [5.41, 5.74) is 10.6. The topological polar surface area (TPSA) is 96.7 Å². The van der Waals surface area contributed by atoms with Gasteiger partial charge in [0.2, 0.25) is 0 Å². The summed E-state index contributed by atoms with van der Waals surface area (Å²) in [5, 5.41) is 10.5. The molecule has 6 nitrogen and oxygen atoms in total. The molecule has 2 aromatic heterocycles. The van der Waals surface area contributed by atoms with Crippen molar-refractivity contribution in [1.29, 1.82) is 0 Å². The highest BCUT2D eigenvalue weighted by Gasteiger charge is 2.17. The van der Waals surface area contributed by atoms with Gasteiger partial charge in [0, 0.05) is 17.8 Å². The van der Waals surface area contributed by atoms with Gasteiger partial charge in [0.25, 0.3) is 5.91 Å². The van der Waals surface area contributed by atoms with Crippen molar-refractivity contribution in [2.75, 3.05) is 5.32 Å². The molecule has 1 amide bonds. The van der Waals surface area contributed by atoms with Crippen LogP contribution in [0.4, 0.5) is 5.69 Å². The number of aromatic nitrogens is 3. The highest BCUT2D eigenvalue weighted by molar-refractivity contribution is 6.08. The molecule has 2 heterocycles. The van der Waals surface area contributed by atoms with Gasteiger partial charge in [-0.15, -0.1) is 0 Å². The van der Waals surface area contributed by atoms with Crippen LogP contribution in [0.25, 0.3) is 11.0 Å². The molecule has 1 aromatic carbocycles. The number of aromatic amines is 1. The van der Waals surface area contributed by atoms with E-state index in [-0.39, 0.29) is 11.9 Å². The SMILES string of the molecule is N[C@H]1CCCCc2cc(C(=O)Nc3ccnc4[nH]ncc34)ccc21. The molecule has 4 N–H and O–H groups in total. The second-order valence-corrected chi connectivity index (χ2v) is 6.21. The molecular formula is C18H19N5O.